The van der Waals surface area contributed by atoms with Crippen LogP contribution in [0.5, 0.6) is 5.75 Å². The minimum Gasteiger partial charge on any atom is -0.460 e. The molecule has 0 aliphatic heterocycles. The summed E-state index contributed by atoms with van der Waals surface area (Å²) < 4.78 is 28.4. The summed E-state index contributed by atoms with van der Waals surface area (Å²) in [5.74, 6) is -0.256. The van der Waals surface area contributed by atoms with Gasteiger partial charge in [-0.05, 0) is 37.2 Å². The Kier molecular flexibility index (Phi) is 8.70. The van der Waals surface area contributed by atoms with E-state index in [1.165, 1.54) is 25.3 Å². The number of hydrogen-bond acceptors (Lipinski definition) is 9. The van der Waals surface area contributed by atoms with Crippen molar-refractivity contribution in [2.75, 3.05) is 13.7 Å². The molecule has 0 bridgehead atoms. The van der Waals surface area contributed by atoms with E-state index in [9.17, 15) is 19.5 Å². The van der Waals surface area contributed by atoms with Crippen molar-refractivity contribution in [3.63, 3.8) is 0 Å². The Balaban J connectivity index is 1.94. The highest BCUT2D eigenvalue weighted by molar-refractivity contribution is 7.52. The topological polar surface area (TPSA) is 143 Å². The second-order valence-electron chi connectivity index (χ2n) is 5.96. The number of nitro groups is 1. The summed E-state index contributed by atoms with van der Waals surface area (Å²) in [6.45, 7) is 3.44. The Morgan fingerprint density at radius 2 is 2.07 bits per heavy atom. The summed E-state index contributed by atoms with van der Waals surface area (Å²) >= 11 is 0.930. The maximum Gasteiger partial charge on any atom is 0.458 e. The fourth-order valence-electron chi connectivity index (χ4n) is 2.24. The van der Waals surface area contributed by atoms with Gasteiger partial charge in [0, 0.05) is 10.9 Å². The highest BCUT2D eigenvalue weighted by Crippen LogP contribution is 2.45. The zero-order chi connectivity index (χ0) is 22.1. The lowest BCUT2D eigenvalue weighted by Gasteiger charge is -2.18. The maximum absolute atomic E-state index is 12.7. The van der Waals surface area contributed by atoms with Gasteiger partial charge in [0.25, 0.3) is 0 Å². The molecular weight excluding hydrogens is 433 g/mol. The van der Waals surface area contributed by atoms with E-state index in [4.69, 9.17) is 19.5 Å². The van der Waals surface area contributed by atoms with Crippen molar-refractivity contribution < 1.29 is 28.1 Å². The number of benzene rings is 1. The van der Waals surface area contributed by atoms with E-state index in [-0.39, 0.29) is 30.4 Å². The zero-order valence-corrected chi connectivity index (χ0v) is 17.9. The lowest BCUT2D eigenvalue weighted by atomic mass is 10.1. The molecule has 2 aromatic rings. The summed E-state index contributed by atoms with van der Waals surface area (Å²) in [5.41, 5.74) is 6.57. The minimum atomic E-state index is -3.69. The molecule has 2 unspecified atom stereocenters. The molecule has 0 radical (unpaired) electrons. The van der Waals surface area contributed by atoms with Gasteiger partial charge in [-0.15, -0.1) is 0 Å². The highest BCUT2D eigenvalue weighted by atomic mass is 32.1. The Hall–Kier alpha value is -2.56. The van der Waals surface area contributed by atoms with Crippen molar-refractivity contribution >= 4 is 30.1 Å². The van der Waals surface area contributed by atoms with Gasteiger partial charge >= 0.3 is 18.7 Å². The van der Waals surface area contributed by atoms with Crippen molar-refractivity contribution in [1.82, 2.24) is 5.09 Å². The number of carbonyl (C=O) groups is 1. The molecule has 0 amide bonds. The number of rotatable bonds is 12. The molecular formula is C18H22N3O7PS. The van der Waals surface area contributed by atoms with Crippen LogP contribution in [0.4, 0.5) is 5.00 Å². The quantitative estimate of drug-likeness (QED) is 0.162. The third kappa shape index (κ3) is 7.05. The van der Waals surface area contributed by atoms with E-state index in [0.29, 0.717) is 4.88 Å². The van der Waals surface area contributed by atoms with Crippen molar-refractivity contribution in [3.8, 4) is 5.75 Å². The van der Waals surface area contributed by atoms with Crippen LogP contribution < -0.4 is 15.3 Å². The Bertz CT molecular complexity index is 932. The predicted octanol–water partition coefficient (Wildman–Crippen LogP) is 3.18. The molecule has 3 N–H and O–H groups in total. The summed E-state index contributed by atoms with van der Waals surface area (Å²) in [7, 11) is -2.28. The van der Waals surface area contributed by atoms with Gasteiger partial charge in [0.05, 0.1) is 11.5 Å². The van der Waals surface area contributed by atoms with Crippen LogP contribution in [0, 0.1) is 10.1 Å². The Morgan fingerprint density at radius 3 is 2.63 bits per heavy atom. The average molecular weight is 455 g/mol. The van der Waals surface area contributed by atoms with E-state index < -0.39 is 24.7 Å². The number of carbonyl (C=O) groups excluding carboxylic acids is 1. The van der Waals surface area contributed by atoms with Crippen molar-refractivity contribution in [2.24, 2.45) is 5.73 Å². The van der Waals surface area contributed by atoms with Gasteiger partial charge < -0.3 is 15.0 Å². The second kappa shape index (κ2) is 11.0. The molecule has 1 aromatic carbocycles. The SMILES string of the molecule is C=CCOC(=O)C(N)Cc1ccc(OP(=O)(NC)OCc2ccc([N+](=O)[O-])s2)cc1. The van der Waals surface area contributed by atoms with Crippen LogP contribution in [-0.2, 0) is 31.6 Å². The molecule has 2 atom stereocenters. The molecule has 0 aliphatic carbocycles. The minimum absolute atomic E-state index is 0.0315. The van der Waals surface area contributed by atoms with Gasteiger partial charge in [-0.2, -0.15) is 0 Å². The Morgan fingerprint density at radius 1 is 1.37 bits per heavy atom. The number of esters is 1. The van der Waals surface area contributed by atoms with Gasteiger partial charge in [0.15, 0.2) is 0 Å². The lowest BCUT2D eigenvalue weighted by molar-refractivity contribution is -0.380. The molecule has 162 valence electrons. The number of nitrogens with zero attached hydrogens (tertiary/aromatic N) is 1. The summed E-state index contributed by atoms with van der Waals surface area (Å²) in [5, 5.41) is 13.2. The van der Waals surface area contributed by atoms with Crippen LogP contribution in [0.3, 0.4) is 0 Å². The first-order valence-corrected chi connectivity index (χ1v) is 11.1. The molecule has 30 heavy (non-hydrogen) atoms. The fourth-order valence-corrected chi connectivity index (χ4v) is 4.04. The predicted molar refractivity (Wildman–Crippen MR) is 112 cm³/mol. The lowest BCUT2D eigenvalue weighted by Crippen LogP contribution is -2.34. The first kappa shape index (κ1) is 23.7. The number of hydrogen-bond donors (Lipinski definition) is 2. The first-order chi connectivity index (χ1) is 14.3. The van der Waals surface area contributed by atoms with E-state index in [0.717, 1.165) is 16.9 Å². The fraction of sp³-hybridized carbons (Fsp3) is 0.278. The van der Waals surface area contributed by atoms with Crippen molar-refractivity contribution in [2.45, 2.75) is 19.1 Å². The molecule has 0 fully saturated rings. The smallest absolute Gasteiger partial charge is 0.458 e. The van der Waals surface area contributed by atoms with Crippen molar-refractivity contribution in [1.29, 1.82) is 0 Å². The third-order valence-corrected chi connectivity index (χ3v) is 6.21. The first-order valence-electron chi connectivity index (χ1n) is 8.74. The number of thiophene rings is 1. The number of ether oxygens (including phenoxy) is 1. The number of nitrogens with two attached hydrogens (primary N) is 1. The average Bonchev–Trinajstić information content (AvgIpc) is 3.21. The zero-order valence-electron chi connectivity index (χ0n) is 16.2. The molecule has 0 aliphatic rings. The summed E-state index contributed by atoms with van der Waals surface area (Å²) in [6.07, 6.45) is 1.71. The van der Waals surface area contributed by atoms with E-state index in [1.807, 2.05) is 0 Å². The second-order valence-corrected chi connectivity index (χ2v) is 8.99. The molecule has 1 heterocycles. The van der Waals surface area contributed by atoms with Gasteiger partial charge in [0.1, 0.15) is 18.4 Å². The van der Waals surface area contributed by atoms with Gasteiger partial charge in [0.2, 0.25) is 0 Å². The summed E-state index contributed by atoms with van der Waals surface area (Å²) in [4.78, 5) is 22.5. The van der Waals surface area contributed by atoms with Crippen LogP contribution in [0.15, 0.2) is 49.1 Å². The molecule has 2 rings (SSSR count). The van der Waals surface area contributed by atoms with Crippen LogP contribution in [-0.4, -0.2) is 30.6 Å². The maximum atomic E-state index is 12.7. The van der Waals surface area contributed by atoms with Crippen LogP contribution in [0.25, 0.3) is 0 Å². The molecule has 0 saturated heterocycles. The van der Waals surface area contributed by atoms with Gasteiger partial charge in [-0.1, -0.05) is 36.1 Å². The normalized spacial score (nSPS) is 13.8. The molecule has 12 heteroatoms. The monoisotopic (exact) mass is 455 g/mol. The van der Waals surface area contributed by atoms with E-state index in [1.54, 1.807) is 24.3 Å². The standard InChI is InChI=1S/C18H22N3O7PS/c1-3-10-26-18(22)16(19)11-13-4-6-14(7-5-13)28-29(25,20-2)27-12-15-8-9-17(30-15)21(23)24/h3-9,16H,1,10-12,19H2,2H3,(H,20,25). The van der Waals surface area contributed by atoms with E-state index >= 15 is 0 Å². The summed E-state index contributed by atoms with van der Waals surface area (Å²) in [6, 6.07) is 8.56. The molecule has 0 spiro atoms. The largest absolute Gasteiger partial charge is 0.460 e. The highest BCUT2D eigenvalue weighted by Gasteiger charge is 2.25. The molecule has 10 nitrogen and oxygen atoms in total. The third-order valence-electron chi connectivity index (χ3n) is 3.73. The van der Waals surface area contributed by atoms with Crippen LogP contribution in [0.1, 0.15) is 10.4 Å². The van der Waals surface area contributed by atoms with Crippen LogP contribution in [0.2, 0.25) is 0 Å². The molecule has 0 saturated carbocycles. The molecule has 1 aromatic heterocycles. The van der Waals surface area contributed by atoms with Crippen LogP contribution >= 0.6 is 19.1 Å². The number of nitrogens with one attached hydrogen (secondary N) is 1. The van der Waals surface area contributed by atoms with Crippen molar-refractivity contribution in [3.05, 3.63) is 69.6 Å². The van der Waals surface area contributed by atoms with Gasteiger partial charge in [-0.25, -0.2) is 9.65 Å². The Labute approximate surface area is 177 Å². The van der Waals surface area contributed by atoms with Gasteiger partial charge in [-0.3, -0.25) is 19.4 Å². The van der Waals surface area contributed by atoms with E-state index in [2.05, 4.69) is 11.7 Å².